The van der Waals surface area contributed by atoms with E-state index in [-0.39, 0.29) is 22.8 Å². The van der Waals surface area contributed by atoms with Crippen molar-refractivity contribution >= 4 is 21.8 Å². The Hall–Kier alpha value is -2.23. The lowest BCUT2D eigenvalue weighted by Crippen LogP contribution is -2.65. The number of nitrogens with zero attached hydrogens (tertiary/aromatic N) is 1. The second-order valence-corrected chi connectivity index (χ2v) is 12.6. The molecule has 2 fully saturated rings. The van der Waals surface area contributed by atoms with Crippen LogP contribution < -0.4 is 10.6 Å². The van der Waals surface area contributed by atoms with Crippen molar-refractivity contribution in [1.29, 1.82) is 0 Å². The molecule has 35 heavy (non-hydrogen) atoms. The number of ether oxygens (including phenoxy) is 1. The molecule has 2 saturated heterocycles. The number of sulfonamides is 1. The number of rotatable bonds is 8. The van der Waals surface area contributed by atoms with E-state index in [0.29, 0.717) is 30.9 Å². The van der Waals surface area contributed by atoms with Gasteiger partial charge in [0.15, 0.2) is 0 Å². The zero-order chi connectivity index (χ0) is 25.9. The molecular weight excluding hydrogens is 466 g/mol. The van der Waals surface area contributed by atoms with Gasteiger partial charge in [0.2, 0.25) is 15.9 Å². The fraction of sp³-hybridized carbons (Fsp3) is 0.615. The number of carbonyl (C=O) groups is 2. The molecule has 0 aliphatic carbocycles. The van der Waals surface area contributed by atoms with Crippen molar-refractivity contribution in [1.82, 2.24) is 14.9 Å². The van der Waals surface area contributed by atoms with Gasteiger partial charge in [0.05, 0.1) is 4.90 Å². The van der Waals surface area contributed by atoms with Crippen LogP contribution in [-0.4, -0.2) is 61.4 Å². The molecule has 2 amide bonds. The highest BCUT2D eigenvalue weighted by Crippen LogP contribution is 2.42. The predicted molar refractivity (Wildman–Crippen MR) is 135 cm³/mol. The summed E-state index contributed by atoms with van der Waals surface area (Å²) in [6.07, 6.45) is 5.13. The van der Waals surface area contributed by atoms with Crippen molar-refractivity contribution < 1.29 is 22.7 Å². The highest BCUT2D eigenvalue weighted by molar-refractivity contribution is 7.89. The maximum absolute atomic E-state index is 13.7. The first kappa shape index (κ1) is 27.4. The van der Waals surface area contributed by atoms with Crippen LogP contribution in [-0.2, 0) is 19.6 Å². The topological polar surface area (TPSA) is 105 Å². The van der Waals surface area contributed by atoms with Gasteiger partial charge in [-0.05, 0) is 96.1 Å². The summed E-state index contributed by atoms with van der Waals surface area (Å²) in [4.78, 5) is 24.5. The van der Waals surface area contributed by atoms with Gasteiger partial charge in [-0.15, -0.1) is 0 Å². The van der Waals surface area contributed by atoms with E-state index in [4.69, 9.17) is 4.74 Å². The molecule has 3 rings (SSSR count). The lowest BCUT2D eigenvalue weighted by molar-refractivity contribution is -0.118. The van der Waals surface area contributed by atoms with E-state index >= 15 is 0 Å². The summed E-state index contributed by atoms with van der Waals surface area (Å²) in [5, 5.41) is 5.86. The van der Waals surface area contributed by atoms with Crippen LogP contribution in [0.5, 0.6) is 0 Å². The zero-order valence-corrected chi connectivity index (χ0v) is 22.1. The first-order chi connectivity index (χ1) is 16.4. The van der Waals surface area contributed by atoms with E-state index in [9.17, 15) is 18.0 Å². The summed E-state index contributed by atoms with van der Waals surface area (Å²) in [6.45, 7) is 13.1. The standard InChI is InChI=1S/C26H39N3O5S/c1-6-23(30)28-21-17-25(2,3)29(26(4,5)18-21)35(32,33)22-9-7-20(8-10-22)24(31)27-14-11-19-12-15-34-16-13-19/h6-10,19,21H,1,11-18H2,2-5H3,(H,27,31)(H,28,30). The molecule has 2 heterocycles. The third-order valence-electron chi connectivity index (χ3n) is 6.96. The van der Waals surface area contributed by atoms with Crippen molar-refractivity contribution in [2.75, 3.05) is 19.8 Å². The number of piperidine rings is 1. The van der Waals surface area contributed by atoms with Crippen LogP contribution in [0.2, 0.25) is 0 Å². The van der Waals surface area contributed by atoms with Crippen molar-refractivity contribution in [3.05, 3.63) is 42.5 Å². The molecule has 2 aliphatic heterocycles. The average molecular weight is 506 g/mol. The molecule has 9 heteroatoms. The molecule has 0 atom stereocenters. The SMILES string of the molecule is C=CC(=O)NC1CC(C)(C)N(S(=O)(=O)c2ccc(C(=O)NCCC3CCOCC3)cc2)C(C)(C)C1. The van der Waals surface area contributed by atoms with E-state index in [1.165, 1.54) is 18.2 Å². The number of amides is 2. The van der Waals surface area contributed by atoms with Crippen LogP contribution in [0.1, 0.15) is 70.2 Å². The fourth-order valence-electron chi connectivity index (χ4n) is 5.69. The van der Waals surface area contributed by atoms with Gasteiger partial charge in [-0.25, -0.2) is 8.42 Å². The second kappa shape index (κ2) is 10.8. The molecule has 0 aromatic heterocycles. The minimum absolute atomic E-state index is 0.144. The Kier molecular flexibility index (Phi) is 8.44. The quantitative estimate of drug-likeness (QED) is 0.528. The van der Waals surface area contributed by atoms with E-state index in [1.807, 2.05) is 27.7 Å². The van der Waals surface area contributed by atoms with Crippen molar-refractivity contribution in [3.63, 3.8) is 0 Å². The summed E-state index contributed by atoms with van der Waals surface area (Å²) < 4.78 is 34.4. The summed E-state index contributed by atoms with van der Waals surface area (Å²) in [5.41, 5.74) is -1.04. The largest absolute Gasteiger partial charge is 0.381 e. The van der Waals surface area contributed by atoms with Crippen molar-refractivity contribution in [2.24, 2.45) is 5.92 Å². The van der Waals surface area contributed by atoms with Crippen LogP contribution in [0.4, 0.5) is 0 Å². The van der Waals surface area contributed by atoms with Gasteiger partial charge in [-0.1, -0.05) is 6.58 Å². The van der Waals surface area contributed by atoms with Crippen molar-refractivity contribution in [2.45, 2.75) is 81.8 Å². The normalized spacial score (nSPS) is 21.3. The molecule has 0 bridgehead atoms. The number of nitrogens with one attached hydrogen (secondary N) is 2. The first-order valence-electron chi connectivity index (χ1n) is 12.3. The molecule has 2 aliphatic rings. The summed E-state index contributed by atoms with van der Waals surface area (Å²) in [7, 11) is -3.85. The summed E-state index contributed by atoms with van der Waals surface area (Å²) >= 11 is 0. The third kappa shape index (κ3) is 6.51. The predicted octanol–water partition coefficient (Wildman–Crippen LogP) is 3.25. The van der Waals surface area contributed by atoms with Gasteiger partial charge >= 0.3 is 0 Å². The molecular formula is C26H39N3O5S. The van der Waals surface area contributed by atoms with E-state index in [1.54, 1.807) is 16.4 Å². The molecule has 1 aromatic rings. The number of hydrogen-bond donors (Lipinski definition) is 2. The van der Waals surface area contributed by atoms with Crippen LogP contribution in [0, 0.1) is 5.92 Å². The first-order valence-corrected chi connectivity index (χ1v) is 13.8. The Bertz CT molecular complexity index is 1010. The Morgan fingerprint density at radius 2 is 1.66 bits per heavy atom. The van der Waals surface area contributed by atoms with Crippen LogP contribution in [0.15, 0.2) is 41.8 Å². The number of benzene rings is 1. The van der Waals surface area contributed by atoms with Gasteiger partial charge in [0.25, 0.3) is 5.91 Å². The highest BCUT2D eigenvalue weighted by atomic mass is 32.2. The molecule has 8 nitrogen and oxygen atoms in total. The lowest BCUT2D eigenvalue weighted by Gasteiger charge is -2.53. The van der Waals surface area contributed by atoms with Crippen LogP contribution in [0.25, 0.3) is 0 Å². The van der Waals surface area contributed by atoms with E-state index in [2.05, 4.69) is 17.2 Å². The molecule has 0 spiro atoms. The molecule has 0 unspecified atom stereocenters. The molecule has 194 valence electrons. The second-order valence-electron chi connectivity index (χ2n) is 10.8. The minimum atomic E-state index is -3.85. The summed E-state index contributed by atoms with van der Waals surface area (Å²) in [6, 6.07) is 5.96. The minimum Gasteiger partial charge on any atom is -0.381 e. The molecule has 0 radical (unpaired) electrons. The monoisotopic (exact) mass is 505 g/mol. The average Bonchev–Trinajstić information content (AvgIpc) is 2.77. The van der Waals surface area contributed by atoms with Gasteiger partial charge in [-0.2, -0.15) is 4.31 Å². The maximum Gasteiger partial charge on any atom is 0.251 e. The van der Waals surface area contributed by atoms with Gasteiger partial charge < -0.3 is 15.4 Å². The molecule has 2 N–H and O–H groups in total. The Morgan fingerprint density at radius 3 is 2.20 bits per heavy atom. The number of carbonyl (C=O) groups excluding carboxylic acids is 2. The van der Waals surface area contributed by atoms with E-state index < -0.39 is 21.1 Å². The van der Waals surface area contributed by atoms with Crippen LogP contribution >= 0.6 is 0 Å². The smallest absolute Gasteiger partial charge is 0.251 e. The van der Waals surface area contributed by atoms with Crippen LogP contribution in [0.3, 0.4) is 0 Å². The third-order valence-corrected chi connectivity index (χ3v) is 9.29. The van der Waals surface area contributed by atoms with Crippen molar-refractivity contribution in [3.8, 4) is 0 Å². The lowest BCUT2D eigenvalue weighted by atomic mass is 9.79. The van der Waals surface area contributed by atoms with Gasteiger partial charge in [-0.3, -0.25) is 9.59 Å². The fourth-order valence-corrected chi connectivity index (χ4v) is 7.83. The summed E-state index contributed by atoms with van der Waals surface area (Å²) in [5.74, 6) is 0.0949. The zero-order valence-electron chi connectivity index (χ0n) is 21.3. The van der Waals surface area contributed by atoms with E-state index in [0.717, 1.165) is 32.5 Å². The number of hydrogen-bond acceptors (Lipinski definition) is 5. The maximum atomic E-state index is 13.7. The molecule has 0 saturated carbocycles. The molecule has 1 aromatic carbocycles. The highest BCUT2D eigenvalue weighted by Gasteiger charge is 2.51. The Morgan fingerprint density at radius 1 is 1.09 bits per heavy atom. The van der Waals surface area contributed by atoms with Gasteiger partial charge in [0, 0.05) is 42.4 Å². The Balaban J connectivity index is 1.70. The Labute approximate surface area is 209 Å². The van der Waals surface area contributed by atoms with Gasteiger partial charge in [0.1, 0.15) is 0 Å².